The van der Waals surface area contributed by atoms with Crippen LogP contribution in [0.2, 0.25) is 0 Å². The van der Waals surface area contributed by atoms with Crippen molar-refractivity contribution in [1.82, 2.24) is 14.8 Å². The van der Waals surface area contributed by atoms with Crippen LogP contribution in [0.1, 0.15) is 24.8 Å². The van der Waals surface area contributed by atoms with Crippen molar-refractivity contribution in [3.05, 3.63) is 73.1 Å². The van der Waals surface area contributed by atoms with E-state index in [9.17, 15) is 4.79 Å². The number of carbonyl (C=O) groups is 1. The van der Waals surface area contributed by atoms with Gasteiger partial charge in [0.2, 0.25) is 5.91 Å². The van der Waals surface area contributed by atoms with Gasteiger partial charge in [-0.25, -0.2) is 0 Å². The molecule has 3 aromatic rings. The minimum absolute atomic E-state index is 0.279. The molecule has 2 heterocycles. The molecule has 1 saturated carbocycles. The lowest BCUT2D eigenvalue weighted by atomic mass is 10.00. The number of nitrogens with zero attached hydrogens (tertiary/aromatic N) is 3. The van der Waals surface area contributed by atoms with E-state index in [0.717, 1.165) is 55.5 Å². The van der Waals surface area contributed by atoms with Gasteiger partial charge in [0.25, 0.3) is 0 Å². The smallest absolute Gasteiger partial charge is 0.225 e. The molecular weight excluding hydrogens is 398 g/mol. The normalized spacial score (nSPS) is 18.8. The number of aromatic nitrogens is 1. The van der Waals surface area contributed by atoms with Gasteiger partial charge in [0, 0.05) is 48.2 Å². The topological polar surface area (TPSA) is 77.7 Å². The number of benzene rings is 2. The Balaban J connectivity index is 1.31. The number of fused-ring (bicyclic) bond motifs is 1. The van der Waals surface area contributed by atoms with Crippen molar-refractivity contribution in [2.45, 2.75) is 19.3 Å². The van der Waals surface area contributed by atoms with Gasteiger partial charge in [-0.2, -0.15) is 5.10 Å². The van der Waals surface area contributed by atoms with Gasteiger partial charge in [0.1, 0.15) is 0 Å². The van der Waals surface area contributed by atoms with Crippen LogP contribution in [-0.2, 0) is 4.79 Å². The summed E-state index contributed by atoms with van der Waals surface area (Å²) in [7, 11) is 0. The molecule has 1 aliphatic carbocycles. The standard InChI is InChI=1S/C26H29N5O/c1-2-30(16-18-13-15-31(17-18)26(32)21-10-11-21)25(29-27)20-8-6-19(7-9-20)22-4-3-5-24-23(22)12-14-28-24/h2-9,12,14,18,21,28H,1,10-11,13,15-17,27H2/b29-25-/t18-/m0/s1. The predicted molar refractivity (Wildman–Crippen MR) is 129 cm³/mol. The molecule has 0 spiro atoms. The van der Waals surface area contributed by atoms with E-state index in [1.54, 1.807) is 6.20 Å². The van der Waals surface area contributed by atoms with Gasteiger partial charge in [0.05, 0.1) is 0 Å². The maximum atomic E-state index is 12.4. The number of carbonyl (C=O) groups excluding carboxylic acids is 1. The molecule has 0 bridgehead atoms. The zero-order valence-electron chi connectivity index (χ0n) is 18.2. The molecule has 5 rings (SSSR count). The summed E-state index contributed by atoms with van der Waals surface area (Å²) in [5.41, 5.74) is 4.40. The number of amides is 1. The number of nitrogens with two attached hydrogens (primary N) is 1. The highest BCUT2D eigenvalue weighted by Crippen LogP contribution is 2.33. The van der Waals surface area contributed by atoms with Crippen LogP contribution in [0.25, 0.3) is 22.0 Å². The van der Waals surface area contributed by atoms with Crippen LogP contribution in [0.15, 0.2) is 72.6 Å². The monoisotopic (exact) mass is 427 g/mol. The Kier molecular flexibility index (Phi) is 5.43. The summed E-state index contributed by atoms with van der Waals surface area (Å²) >= 11 is 0. The molecule has 1 saturated heterocycles. The number of rotatable bonds is 6. The molecule has 1 aromatic heterocycles. The Morgan fingerprint density at radius 1 is 1.19 bits per heavy atom. The summed E-state index contributed by atoms with van der Waals surface area (Å²) in [6.07, 6.45) is 6.85. The van der Waals surface area contributed by atoms with Crippen molar-refractivity contribution < 1.29 is 4.79 Å². The largest absolute Gasteiger partial charge is 0.361 e. The third kappa shape index (κ3) is 3.88. The van der Waals surface area contributed by atoms with Crippen molar-refractivity contribution in [2.75, 3.05) is 19.6 Å². The van der Waals surface area contributed by atoms with Crippen LogP contribution in [0, 0.1) is 11.8 Å². The first-order valence-electron chi connectivity index (χ1n) is 11.3. The molecule has 1 amide bonds. The van der Waals surface area contributed by atoms with Gasteiger partial charge in [-0.05, 0) is 54.6 Å². The van der Waals surface area contributed by atoms with Crippen LogP contribution in [0.4, 0.5) is 0 Å². The van der Waals surface area contributed by atoms with E-state index in [1.165, 1.54) is 10.9 Å². The minimum atomic E-state index is 0.279. The summed E-state index contributed by atoms with van der Waals surface area (Å²) < 4.78 is 0. The van der Waals surface area contributed by atoms with E-state index >= 15 is 0 Å². The second kappa shape index (κ2) is 8.54. The highest BCUT2D eigenvalue weighted by Gasteiger charge is 2.37. The van der Waals surface area contributed by atoms with E-state index in [1.807, 2.05) is 16.0 Å². The molecule has 2 aromatic carbocycles. The Bertz CT molecular complexity index is 1160. The second-order valence-corrected chi connectivity index (χ2v) is 8.82. The summed E-state index contributed by atoms with van der Waals surface area (Å²) in [5.74, 6) is 7.51. The number of hydrogen-bond acceptors (Lipinski definition) is 3. The first-order chi connectivity index (χ1) is 15.7. The number of aromatic amines is 1. The van der Waals surface area contributed by atoms with Crippen molar-refractivity contribution >= 4 is 22.6 Å². The number of H-pyrrole nitrogens is 1. The van der Waals surface area contributed by atoms with Crippen LogP contribution in [0.5, 0.6) is 0 Å². The van der Waals surface area contributed by atoms with Crippen molar-refractivity contribution in [1.29, 1.82) is 0 Å². The van der Waals surface area contributed by atoms with Crippen LogP contribution in [0.3, 0.4) is 0 Å². The maximum absolute atomic E-state index is 12.4. The van der Waals surface area contributed by atoms with Gasteiger partial charge in [-0.15, -0.1) is 0 Å². The second-order valence-electron chi connectivity index (χ2n) is 8.82. The number of hydrogen-bond donors (Lipinski definition) is 2. The van der Waals surface area contributed by atoms with E-state index in [2.05, 4.69) is 65.2 Å². The summed E-state index contributed by atoms with van der Waals surface area (Å²) in [5, 5.41) is 5.29. The quantitative estimate of drug-likeness (QED) is 0.268. The van der Waals surface area contributed by atoms with E-state index < -0.39 is 0 Å². The third-order valence-corrected chi connectivity index (χ3v) is 6.64. The predicted octanol–water partition coefficient (Wildman–Crippen LogP) is 4.16. The molecule has 0 unspecified atom stereocenters. The first kappa shape index (κ1) is 20.4. The van der Waals surface area contributed by atoms with Crippen molar-refractivity contribution in [2.24, 2.45) is 22.8 Å². The fourth-order valence-corrected chi connectivity index (χ4v) is 4.75. The Morgan fingerprint density at radius 3 is 2.72 bits per heavy atom. The highest BCUT2D eigenvalue weighted by atomic mass is 16.2. The molecule has 6 heteroatoms. The first-order valence-corrected chi connectivity index (χ1v) is 11.3. The fraction of sp³-hybridized carbons (Fsp3) is 0.308. The van der Waals surface area contributed by atoms with Gasteiger partial charge in [-0.1, -0.05) is 43.0 Å². The van der Waals surface area contributed by atoms with Crippen molar-refractivity contribution in [3.63, 3.8) is 0 Å². The molecule has 2 fully saturated rings. The van der Waals surface area contributed by atoms with E-state index in [-0.39, 0.29) is 5.92 Å². The molecule has 32 heavy (non-hydrogen) atoms. The van der Waals surface area contributed by atoms with E-state index in [4.69, 9.17) is 5.84 Å². The fourth-order valence-electron chi connectivity index (χ4n) is 4.75. The SMILES string of the molecule is C=CN(C[C@@H]1CCN(C(=O)C2CC2)C1)/C(=N\N)c1ccc(-c2cccc3[nH]ccc23)cc1. The lowest BCUT2D eigenvalue weighted by molar-refractivity contribution is -0.131. The zero-order chi connectivity index (χ0) is 22.1. The maximum Gasteiger partial charge on any atom is 0.225 e. The summed E-state index contributed by atoms with van der Waals surface area (Å²) in [6, 6.07) is 16.7. The van der Waals surface area contributed by atoms with Crippen LogP contribution in [-0.4, -0.2) is 46.2 Å². The molecule has 164 valence electrons. The van der Waals surface area contributed by atoms with Gasteiger partial charge in [0.15, 0.2) is 5.84 Å². The van der Waals surface area contributed by atoms with Gasteiger partial charge >= 0.3 is 0 Å². The molecule has 1 atom stereocenters. The number of nitrogens with one attached hydrogen (secondary N) is 1. The molecule has 0 radical (unpaired) electrons. The average molecular weight is 428 g/mol. The summed E-state index contributed by atoms with van der Waals surface area (Å²) in [6.45, 7) is 6.39. The molecular formula is C26H29N5O. The molecule has 2 aliphatic rings. The number of hydrazone groups is 1. The van der Waals surface area contributed by atoms with Crippen LogP contribution >= 0.6 is 0 Å². The van der Waals surface area contributed by atoms with Crippen LogP contribution < -0.4 is 5.84 Å². The number of amidine groups is 1. The van der Waals surface area contributed by atoms with Gasteiger partial charge < -0.3 is 20.6 Å². The Labute approximate surface area is 188 Å². The van der Waals surface area contributed by atoms with Gasteiger partial charge in [-0.3, -0.25) is 4.79 Å². The van der Waals surface area contributed by atoms with E-state index in [0.29, 0.717) is 17.7 Å². The lowest BCUT2D eigenvalue weighted by Crippen LogP contribution is -2.35. The summed E-state index contributed by atoms with van der Waals surface area (Å²) in [4.78, 5) is 19.7. The molecule has 1 aliphatic heterocycles. The average Bonchev–Trinajstić information content (AvgIpc) is 3.37. The minimum Gasteiger partial charge on any atom is -0.361 e. The Hall–Kier alpha value is -3.54. The number of likely N-dealkylation sites (tertiary alicyclic amines) is 1. The molecule has 3 N–H and O–H groups in total. The zero-order valence-corrected chi connectivity index (χ0v) is 18.2. The molecule has 6 nitrogen and oxygen atoms in total. The highest BCUT2D eigenvalue weighted by molar-refractivity contribution is 6.00. The third-order valence-electron chi connectivity index (χ3n) is 6.64. The van der Waals surface area contributed by atoms with Crippen molar-refractivity contribution in [3.8, 4) is 11.1 Å². The Morgan fingerprint density at radius 2 is 2.00 bits per heavy atom. The lowest BCUT2D eigenvalue weighted by Gasteiger charge is -2.25.